The minimum Gasteiger partial charge on any atom is -0.459 e. The van der Waals surface area contributed by atoms with E-state index in [4.69, 9.17) is 4.74 Å². The molecule has 4 nitrogen and oxygen atoms in total. The highest BCUT2D eigenvalue weighted by Gasteiger charge is 2.22. The molecule has 1 atom stereocenters. The lowest BCUT2D eigenvalue weighted by molar-refractivity contribution is 0.0770. The maximum atomic E-state index is 5.91. The number of nitrogens with zero attached hydrogens (tertiary/aromatic N) is 3. The van der Waals surface area contributed by atoms with Gasteiger partial charge < -0.3 is 4.74 Å². The van der Waals surface area contributed by atoms with Crippen LogP contribution in [0.3, 0.4) is 0 Å². The summed E-state index contributed by atoms with van der Waals surface area (Å²) in [7, 11) is 0. The highest BCUT2D eigenvalue weighted by atomic mass is 16.5. The van der Waals surface area contributed by atoms with Gasteiger partial charge in [-0.25, -0.2) is 9.97 Å². The van der Waals surface area contributed by atoms with Crippen LogP contribution in [0.5, 0.6) is 6.01 Å². The standard InChI is InChI=1S/C17H21N3O/c1-14-10-18-17(19-11-14)21-16-8-5-9-20(13-16)12-15-6-3-2-4-7-15/h2-4,6-7,10-11,16H,5,8-9,12-13H2,1H3. The van der Waals surface area contributed by atoms with Crippen molar-refractivity contribution in [3.05, 3.63) is 53.9 Å². The van der Waals surface area contributed by atoms with Gasteiger partial charge in [0.2, 0.25) is 0 Å². The van der Waals surface area contributed by atoms with Gasteiger partial charge in [0.05, 0.1) is 0 Å². The first-order valence-corrected chi connectivity index (χ1v) is 7.51. The Bertz CT molecular complexity index is 556. The molecule has 21 heavy (non-hydrogen) atoms. The van der Waals surface area contributed by atoms with Gasteiger partial charge in [0.15, 0.2) is 0 Å². The van der Waals surface area contributed by atoms with Crippen molar-refractivity contribution in [2.45, 2.75) is 32.4 Å². The third kappa shape index (κ3) is 4.02. The van der Waals surface area contributed by atoms with Crippen LogP contribution in [0.2, 0.25) is 0 Å². The Morgan fingerprint density at radius 1 is 1.19 bits per heavy atom. The average Bonchev–Trinajstić information content (AvgIpc) is 2.51. The van der Waals surface area contributed by atoms with E-state index in [1.165, 1.54) is 5.56 Å². The van der Waals surface area contributed by atoms with E-state index >= 15 is 0 Å². The molecule has 3 rings (SSSR count). The first-order chi connectivity index (χ1) is 10.3. The van der Waals surface area contributed by atoms with Gasteiger partial charge in [-0.15, -0.1) is 0 Å². The second-order valence-corrected chi connectivity index (χ2v) is 5.65. The quantitative estimate of drug-likeness (QED) is 0.865. The summed E-state index contributed by atoms with van der Waals surface area (Å²) in [5.41, 5.74) is 2.40. The number of likely N-dealkylation sites (tertiary alicyclic amines) is 1. The molecule has 1 aromatic heterocycles. The van der Waals surface area contributed by atoms with Crippen LogP contribution in [0.1, 0.15) is 24.0 Å². The highest BCUT2D eigenvalue weighted by molar-refractivity contribution is 5.14. The monoisotopic (exact) mass is 283 g/mol. The molecule has 1 saturated heterocycles. The molecule has 4 heteroatoms. The smallest absolute Gasteiger partial charge is 0.316 e. The summed E-state index contributed by atoms with van der Waals surface area (Å²) in [6, 6.07) is 11.1. The first-order valence-electron chi connectivity index (χ1n) is 7.51. The van der Waals surface area contributed by atoms with Gasteiger partial charge in [-0.2, -0.15) is 0 Å². The van der Waals surface area contributed by atoms with Crippen molar-refractivity contribution in [3.63, 3.8) is 0 Å². The van der Waals surface area contributed by atoms with E-state index < -0.39 is 0 Å². The summed E-state index contributed by atoms with van der Waals surface area (Å²) in [5, 5.41) is 0. The van der Waals surface area contributed by atoms with Crippen LogP contribution < -0.4 is 4.74 Å². The fraction of sp³-hybridized carbons (Fsp3) is 0.412. The van der Waals surface area contributed by atoms with Crippen LogP contribution in [-0.2, 0) is 6.54 Å². The molecule has 0 radical (unpaired) electrons. The number of aryl methyl sites for hydroxylation is 1. The second kappa shape index (κ2) is 6.68. The Kier molecular flexibility index (Phi) is 4.46. The van der Waals surface area contributed by atoms with Crippen LogP contribution in [0.15, 0.2) is 42.7 Å². The van der Waals surface area contributed by atoms with E-state index in [0.717, 1.165) is 38.0 Å². The molecule has 1 aliphatic rings. The van der Waals surface area contributed by atoms with E-state index in [1.54, 1.807) is 12.4 Å². The Morgan fingerprint density at radius 2 is 1.95 bits per heavy atom. The molecule has 0 spiro atoms. The lowest BCUT2D eigenvalue weighted by Gasteiger charge is -2.32. The zero-order valence-electron chi connectivity index (χ0n) is 12.4. The van der Waals surface area contributed by atoms with Gasteiger partial charge in [0, 0.05) is 25.5 Å². The van der Waals surface area contributed by atoms with Crippen LogP contribution in [0.25, 0.3) is 0 Å². The summed E-state index contributed by atoms with van der Waals surface area (Å²) in [6.07, 6.45) is 6.01. The molecule has 0 aliphatic carbocycles. The van der Waals surface area contributed by atoms with Crippen molar-refractivity contribution in [2.24, 2.45) is 0 Å². The number of hydrogen-bond acceptors (Lipinski definition) is 4. The number of piperidine rings is 1. The molecular formula is C17H21N3O. The summed E-state index contributed by atoms with van der Waals surface area (Å²) >= 11 is 0. The van der Waals surface area contributed by atoms with Gasteiger partial charge >= 0.3 is 6.01 Å². The predicted molar refractivity (Wildman–Crippen MR) is 82.1 cm³/mol. The van der Waals surface area contributed by atoms with Crippen molar-refractivity contribution in [1.82, 2.24) is 14.9 Å². The van der Waals surface area contributed by atoms with Gasteiger partial charge in [0.1, 0.15) is 6.10 Å². The Labute approximate surface area is 125 Å². The van der Waals surface area contributed by atoms with Crippen molar-refractivity contribution in [3.8, 4) is 6.01 Å². The van der Waals surface area contributed by atoms with E-state index in [2.05, 4.69) is 45.2 Å². The lowest BCUT2D eigenvalue weighted by Crippen LogP contribution is -2.40. The largest absolute Gasteiger partial charge is 0.459 e. The highest BCUT2D eigenvalue weighted by Crippen LogP contribution is 2.17. The van der Waals surface area contributed by atoms with E-state index in [0.29, 0.717) is 6.01 Å². The fourth-order valence-corrected chi connectivity index (χ4v) is 2.69. The summed E-state index contributed by atoms with van der Waals surface area (Å²) in [4.78, 5) is 10.9. The van der Waals surface area contributed by atoms with Crippen molar-refractivity contribution in [2.75, 3.05) is 13.1 Å². The van der Waals surface area contributed by atoms with Crippen LogP contribution in [-0.4, -0.2) is 34.1 Å². The first kappa shape index (κ1) is 14.0. The number of aromatic nitrogens is 2. The maximum absolute atomic E-state index is 5.91. The number of hydrogen-bond donors (Lipinski definition) is 0. The zero-order chi connectivity index (χ0) is 14.5. The van der Waals surface area contributed by atoms with Crippen LogP contribution in [0.4, 0.5) is 0 Å². The van der Waals surface area contributed by atoms with Crippen molar-refractivity contribution >= 4 is 0 Å². The molecule has 110 valence electrons. The number of benzene rings is 1. The maximum Gasteiger partial charge on any atom is 0.316 e. The molecule has 0 saturated carbocycles. The molecule has 2 aromatic rings. The number of ether oxygens (including phenoxy) is 1. The summed E-state index contributed by atoms with van der Waals surface area (Å²) in [6.45, 7) is 5.02. The van der Waals surface area contributed by atoms with Gasteiger partial charge in [-0.3, -0.25) is 4.90 Å². The van der Waals surface area contributed by atoms with Crippen molar-refractivity contribution in [1.29, 1.82) is 0 Å². The third-order valence-corrected chi connectivity index (χ3v) is 3.74. The molecule has 0 amide bonds. The van der Waals surface area contributed by atoms with Crippen LogP contribution >= 0.6 is 0 Å². The van der Waals surface area contributed by atoms with E-state index in [9.17, 15) is 0 Å². The van der Waals surface area contributed by atoms with Crippen molar-refractivity contribution < 1.29 is 4.74 Å². The molecule has 0 bridgehead atoms. The second-order valence-electron chi connectivity index (χ2n) is 5.65. The molecular weight excluding hydrogens is 262 g/mol. The Hall–Kier alpha value is -1.94. The van der Waals surface area contributed by atoms with Crippen LogP contribution in [0, 0.1) is 6.92 Å². The summed E-state index contributed by atoms with van der Waals surface area (Å²) in [5.74, 6) is 0. The summed E-state index contributed by atoms with van der Waals surface area (Å²) < 4.78 is 5.91. The SMILES string of the molecule is Cc1cnc(OC2CCCN(Cc3ccccc3)C2)nc1. The predicted octanol–water partition coefficient (Wildman–Crippen LogP) is 2.83. The normalized spacial score (nSPS) is 19.4. The van der Waals surface area contributed by atoms with Gasteiger partial charge in [-0.05, 0) is 37.4 Å². The zero-order valence-corrected chi connectivity index (χ0v) is 12.4. The van der Waals surface area contributed by atoms with E-state index in [-0.39, 0.29) is 6.10 Å². The fourth-order valence-electron chi connectivity index (χ4n) is 2.69. The minimum atomic E-state index is 0.185. The van der Waals surface area contributed by atoms with Gasteiger partial charge in [0.25, 0.3) is 0 Å². The molecule has 2 heterocycles. The Balaban J connectivity index is 1.57. The molecule has 1 aromatic carbocycles. The molecule has 1 unspecified atom stereocenters. The molecule has 1 aliphatic heterocycles. The third-order valence-electron chi connectivity index (χ3n) is 3.74. The molecule has 1 fully saturated rings. The topological polar surface area (TPSA) is 38.2 Å². The number of rotatable bonds is 4. The minimum absolute atomic E-state index is 0.185. The average molecular weight is 283 g/mol. The Morgan fingerprint density at radius 3 is 2.71 bits per heavy atom. The van der Waals surface area contributed by atoms with E-state index in [1.807, 2.05) is 6.92 Å². The lowest BCUT2D eigenvalue weighted by atomic mass is 10.1. The van der Waals surface area contributed by atoms with Gasteiger partial charge in [-0.1, -0.05) is 30.3 Å². The molecule has 0 N–H and O–H groups in total.